The molecule has 0 spiro atoms. The third-order valence-electron chi connectivity index (χ3n) is 3.91. The zero-order valence-corrected chi connectivity index (χ0v) is 16.0. The molecule has 0 aromatic carbocycles. The molecule has 0 N–H and O–H groups in total. The number of rotatable bonds is 18. The summed E-state index contributed by atoms with van der Waals surface area (Å²) in [6.45, 7) is 8.33. The Balaban J connectivity index is 3.65. The maximum Gasteiger partial charge on any atom is 0.282 e. The fourth-order valence-corrected chi connectivity index (χ4v) is 2.82. The minimum absolute atomic E-state index is 0.595. The first-order valence-corrected chi connectivity index (χ1v) is 9.70. The van der Waals surface area contributed by atoms with Crippen molar-refractivity contribution in [1.29, 1.82) is 0 Å². The van der Waals surface area contributed by atoms with Gasteiger partial charge in [0.05, 0.1) is 6.54 Å². The predicted molar refractivity (Wildman–Crippen MR) is 96.8 cm³/mol. The second-order valence-electron chi connectivity index (χ2n) is 5.89. The minimum atomic E-state index is -0.845. The van der Waals surface area contributed by atoms with Crippen LogP contribution in [0.3, 0.4) is 0 Å². The van der Waals surface area contributed by atoms with Crippen molar-refractivity contribution in [3.05, 3.63) is 0 Å². The highest BCUT2D eigenvalue weighted by Gasteiger charge is 2.31. The molecular formula is C19H37NO4. The molecule has 0 aliphatic heterocycles. The molecule has 0 aromatic rings. The molecule has 0 saturated heterocycles. The zero-order valence-electron chi connectivity index (χ0n) is 16.0. The molecule has 0 bridgehead atoms. The van der Waals surface area contributed by atoms with Gasteiger partial charge in [0.15, 0.2) is 0 Å². The Bertz CT molecular complexity index is 299. The second kappa shape index (κ2) is 17.1. The van der Waals surface area contributed by atoms with Gasteiger partial charge in [-0.1, -0.05) is 44.9 Å². The summed E-state index contributed by atoms with van der Waals surface area (Å²) >= 11 is 0. The Kier molecular flexibility index (Phi) is 16.6. The zero-order chi connectivity index (χ0) is 17.9. The lowest BCUT2D eigenvalue weighted by molar-refractivity contribution is -0.380. The highest BCUT2D eigenvalue weighted by Crippen LogP contribution is 2.24. The van der Waals surface area contributed by atoms with E-state index in [9.17, 15) is 4.79 Å². The van der Waals surface area contributed by atoms with Crippen LogP contribution in [0.5, 0.6) is 0 Å². The molecule has 0 saturated carbocycles. The van der Waals surface area contributed by atoms with Crippen LogP contribution < -0.4 is 0 Å². The van der Waals surface area contributed by atoms with Gasteiger partial charge in [0.1, 0.15) is 0 Å². The van der Waals surface area contributed by atoms with Crippen LogP contribution in [0.25, 0.3) is 0 Å². The molecule has 5 heteroatoms. The quantitative estimate of drug-likeness (QED) is 0.152. The first-order valence-electron chi connectivity index (χ1n) is 9.70. The summed E-state index contributed by atoms with van der Waals surface area (Å²) in [5, 5.41) is 0. The van der Waals surface area contributed by atoms with E-state index in [1.54, 1.807) is 6.08 Å². The van der Waals surface area contributed by atoms with E-state index in [0.29, 0.717) is 26.4 Å². The molecule has 0 atom stereocenters. The average Bonchev–Trinajstić information content (AvgIpc) is 2.56. The van der Waals surface area contributed by atoms with Crippen molar-refractivity contribution in [2.75, 3.05) is 26.4 Å². The van der Waals surface area contributed by atoms with Crippen molar-refractivity contribution in [2.45, 2.75) is 91.0 Å². The molecule has 0 radical (unpaired) electrons. The Hall–Kier alpha value is -0.740. The maximum atomic E-state index is 9.92. The molecule has 0 rings (SSSR count). The van der Waals surface area contributed by atoms with Gasteiger partial charge in [-0.2, -0.15) is 0 Å². The van der Waals surface area contributed by atoms with Crippen molar-refractivity contribution in [3.8, 4) is 0 Å². The molecule has 0 amide bonds. The van der Waals surface area contributed by atoms with Crippen LogP contribution in [0.15, 0.2) is 4.99 Å². The van der Waals surface area contributed by atoms with Gasteiger partial charge in [-0.25, -0.2) is 9.79 Å². The average molecular weight is 344 g/mol. The third kappa shape index (κ3) is 12.7. The van der Waals surface area contributed by atoms with Gasteiger partial charge >= 0.3 is 0 Å². The van der Waals surface area contributed by atoms with E-state index in [4.69, 9.17) is 14.2 Å². The monoisotopic (exact) mass is 343 g/mol. The predicted octanol–water partition coefficient (Wildman–Crippen LogP) is 4.99. The van der Waals surface area contributed by atoms with E-state index < -0.39 is 5.97 Å². The molecule has 0 unspecified atom stereocenters. The summed E-state index contributed by atoms with van der Waals surface area (Å²) in [6.07, 6.45) is 13.1. The Morgan fingerprint density at radius 2 is 1.12 bits per heavy atom. The van der Waals surface area contributed by atoms with Gasteiger partial charge in [0.25, 0.3) is 5.97 Å². The lowest BCUT2D eigenvalue weighted by atomic mass is 10.1. The summed E-state index contributed by atoms with van der Waals surface area (Å²) < 4.78 is 17.2. The maximum absolute atomic E-state index is 9.92. The topological polar surface area (TPSA) is 57.1 Å². The Labute approximate surface area is 148 Å². The third-order valence-corrected chi connectivity index (χ3v) is 3.91. The van der Waals surface area contributed by atoms with Crippen LogP contribution in [0.2, 0.25) is 0 Å². The van der Waals surface area contributed by atoms with Crippen molar-refractivity contribution in [3.63, 3.8) is 0 Å². The van der Waals surface area contributed by atoms with Gasteiger partial charge in [0, 0.05) is 26.2 Å². The first kappa shape index (κ1) is 23.3. The Morgan fingerprint density at radius 3 is 1.54 bits per heavy atom. The second-order valence-corrected chi connectivity index (χ2v) is 5.89. The number of nitrogens with zero attached hydrogens (tertiary/aromatic N) is 1. The van der Waals surface area contributed by atoms with E-state index in [0.717, 1.165) is 25.7 Å². The van der Waals surface area contributed by atoms with Crippen LogP contribution in [-0.4, -0.2) is 38.4 Å². The van der Waals surface area contributed by atoms with Crippen LogP contribution in [-0.2, 0) is 19.0 Å². The number of carbonyl (C=O) groups excluding carboxylic acids is 1. The van der Waals surface area contributed by atoms with Gasteiger partial charge in [0.2, 0.25) is 6.08 Å². The van der Waals surface area contributed by atoms with Crippen molar-refractivity contribution < 1.29 is 19.0 Å². The number of hydrogen-bond donors (Lipinski definition) is 0. The van der Waals surface area contributed by atoms with E-state index in [1.165, 1.54) is 38.5 Å². The van der Waals surface area contributed by atoms with Crippen LogP contribution in [0.1, 0.15) is 85.0 Å². The van der Waals surface area contributed by atoms with E-state index in [2.05, 4.69) is 4.99 Å². The molecule has 142 valence electrons. The molecule has 0 heterocycles. The standard InChI is InChI=1S/C19H37NO4/c1-4-22-19(23-5-2,24-6-3)16-14-12-10-8-7-9-11-13-15-17-20-18-21/h4-17H2,1-3H3. The molecular weight excluding hydrogens is 306 g/mol. The largest absolute Gasteiger partial charge is 0.328 e. The number of ether oxygens (including phenoxy) is 3. The van der Waals surface area contributed by atoms with Crippen LogP contribution in [0.4, 0.5) is 0 Å². The molecule has 0 aromatic heterocycles. The number of unbranched alkanes of at least 4 members (excludes halogenated alkanes) is 8. The van der Waals surface area contributed by atoms with E-state index in [1.807, 2.05) is 20.8 Å². The first-order chi connectivity index (χ1) is 11.7. The minimum Gasteiger partial charge on any atom is -0.328 e. The van der Waals surface area contributed by atoms with Crippen molar-refractivity contribution in [1.82, 2.24) is 0 Å². The fourth-order valence-electron chi connectivity index (χ4n) is 2.82. The van der Waals surface area contributed by atoms with Gasteiger partial charge in [-0.15, -0.1) is 0 Å². The lowest BCUT2D eigenvalue weighted by Crippen LogP contribution is -2.39. The number of aliphatic imine (C=N–C) groups is 1. The highest BCUT2D eigenvalue weighted by atomic mass is 16.9. The van der Waals surface area contributed by atoms with Crippen molar-refractivity contribution >= 4 is 6.08 Å². The number of isocyanates is 1. The van der Waals surface area contributed by atoms with Crippen LogP contribution in [0, 0.1) is 0 Å². The van der Waals surface area contributed by atoms with E-state index >= 15 is 0 Å². The lowest BCUT2D eigenvalue weighted by Gasteiger charge is -2.32. The van der Waals surface area contributed by atoms with Gasteiger partial charge in [-0.3, -0.25) is 0 Å². The smallest absolute Gasteiger partial charge is 0.282 e. The molecule has 0 fully saturated rings. The Morgan fingerprint density at radius 1 is 0.708 bits per heavy atom. The normalized spacial score (nSPS) is 11.5. The molecule has 0 aliphatic rings. The van der Waals surface area contributed by atoms with Crippen molar-refractivity contribution in [2.24, 2.45) is 4.99 Å². The molecule has 24 heavy (non-hydrogen) atoms. The van der Waals surface area contributed by atoms with E-state index in [-0.39, 0.29) is 0 Å². The van der Waals surface area contributed by atoms with Crippen LogP contribution >= 0.6 is 0 Å². The summed E-state index contributed by atoms with van der Waals surface area (Å²) in [7, 11) is 0. The summed E-state index contributed by atoms with van der Waals surface area (Å²) in [5.74, 6) is -0.845. The SMILES string of the molecule is CCOC(CCCCCCCCCCCN=C=O)(OCC)OCC. The number of hydrogen-bond acceptors (Lipinski definition) is 5. The summed E-state index contributed by atoms with van der Waals surface area (Å²) in [5.41, 5.74) is 0. The highest BCUT2D eigenvalue weighted by molar-refractivity contribution is 5.32. The molecule has 5 nitrogen and oxygen atoms in total. The summed E-state index contributed by atoms with van der Waals surface area (Å²) in [4.78, 5) is 13.5. The van der Waals surface area contributed by atoms with Gasteiger partial charge < -0.3 is 14.2 Å². The molecule has 0 aliphatic carbocycles. The fraction of sp³-hybridized carbons (Fsp3) is 0.947. The summed E-state index contributed by atoms with van der Waals surface area (Å²) in [6, 6.07) is 0. The van der Waals surface area contributed by atoms with Gasteiger partial charge in [-0.05, 0) is 33.6 Å².